The van der Waals surface area contributed by atoms with E-state index in [2.05, 4.69) is 29.3 Å². The Morgan fingerprint density at radius 2 is 0.857 bits per heavy atom. The Hall–Kier alpha value is -2.00. The van der Waals surface area contributed by atoms with Crippen LogP contribution in [0.5, 0.6) is 0 Å². The predicted molar refractivity (Wildman–Crippen MR) is 92.1 cm³/mol. The molecule has 2 heterocycles. The first-order chi connectivity index (χ1) is 13.6. The molecule has 0 N–H and O–H groups in total. The largest absolute Gasteiger partial charge is 0.333 e. The molecule has 0 spiro atoms. The first-order valence-corrected chi connectivity index (χ1v) is 9.77. The van der Waals surface area contributed by atoms with Crippen molar-refractivity contribution in [2.75, 3.05) is 0 Å². The van der Waals surface area contributed by atoms with Gasteiger partial charge in [0.1, 0.15) is 0 Å². The summed E-state index contributed by atoms with van der Waals surface area (Å²) in [5.41, 5.74) is 0. The Morgan fingerprint density at radius 3 is 1.14 bits per heavy atom. The van der Waals surface area contributed by atoms with Crippen LogP contribution < -0.4 is 0 Å². The van der Waals surface area contributed by atoms with E-state index in [-0.39, 0.29) is 0 Å². The maximum absolute atomic E-state index is 12.3. The van der Waals surface area contributed by atoms with E-state index in [1.54, 1.807) is 0 Å². The zero-order valence-electron chi connectivity index (χ0n) is 15.8. The van der Waals surface area contributed by atoms with Crippen LogP contribution in [0.4, 0.5) is 17.6 Å². The third kappa shape index (κ3) is 8.35. The van der Waals surface area contributed by atoms with Gasteiger partial charge in [0, 0.05) is 12.8 Å². The molecule has 0 radical (unpaired) electrons. The van der Waals surface area contributed by atoms with Gasteiger partial charge in [-0.2, -0.15) is 27.5 Å². The molecule has 2 aromatic heterocycles. The minimum Gasteiger partial charge on any atom is -0.333 e. The molecule has 6 nitrogen and oxygen atoms in total. The summed E-state index contributed by atoms with van der Waals surface area (Å²) in [5.74, 6) is -0.515. The number of hydrogen-bond acceptors (Lipinski definition) is 6. The second kappa shape index (κ2) is 12.5. The Morgan fingerprint density at radius 1 is 0.536 bits per heavy atom. The smallest absolute Gasteiger partial charge is 0.315 e. The lowest BCUT2D eigenvalue weighted by Gasteiger charge is -2.02. The summed E-state index contributed by atoms with van der Waals surface area (Å²) < 4.78 is 58.2. The van der Waals surface area contributed by atoms with Gasteiger partial charge in [-0.15, -0.1) is 0 Å². The van der Waals surface area contributed by atoms with E-state index < -0.39 is 24.6 Å². The number of nitrogens with zero attached hydrogens (tertiary/aromatic N) is 4. The molecule has 10 heteroatoms. The van der Waals surface area contributed by atoms with Crippen LogP contribution in [-0.2, 0) is 12.8 Å². The summed E-state index contributed by atoms with van der Waals surface area (Å²) in [4.78, 5) is 7.29. The normalized spacial score (nSPS) is 11.8. The van der Waals surface area contributed by atoms with Crippen molar-refractivity contribution in [1.29, 1.82) is 0 Å². The van der Waals surface area contributed by atoms with E-state index in [1.807, 2.05) is 0 Å². The number of halogens is 4. The highest BCUT2D eigenvalue weighted by Crippen LogP contribution is 2.18. The van der Waals surface area contributed by atoms with Crippen molar-refractivity contribution in [3.8, 4) is 0 Å². The minimum absolute atomic E-state index is 0.349. The van der Waals surface area contributed by atoms with E-state index in [4.69, 9.17) is 0 Å². The first kappa shape index (κ1) is 22.3. The van der Waals surface area contributed by atoms with Crippen LogP contribution in [0.3, 0.4) is 0 Å². The summed E-state index contributed by atoms with van der Waals surface area (Å²) in [6.45, 7) is 0. The van der Waals surface area contributed by atoms with Crippen molar-refractivity contribution >= 4 is 0 Å². The SMILES string of the molecule is FC(F)c1nc(CCCCCCCCCCCCc2noc(C(F)F)n2)no1. The fourth-order valence-corrected chi connectivity index (χ4v) is 2.90. The van der Waals surface area contributed by atoms with E-state index >= 15 is 0 Å². The van der Waals surface area contributed by atoms with Gasteiger partial charge in [0.15, 0.2) is 11.6 Å². The van der Waals surface area contributed by atoms with Gasteiger partial charge < -0.3 is 9.05 Å². The van der Waals surface area contributed by atoms with E-state index in [9.17, 15) is 17.6 Å². The summed E-state index contributed by atoms with van der Waals surface area (Å²) in [6.07, 6.45) is 6.31. The molecule has 28 heavy (non-hydrogen) atoms. The van der Waals surface area contributed by atoms with Crippen LogP contribution in [0.1, 0.15) is 100 Å². The molecule has 2 aromatic rings. The van der Waals surface area contributed by atoms with Crippen LogP contribution in [0.15, 0.2) is 9.05 Å². The zero-order chi connectivity index (χ0) is 20.2. The number of aromatic nitrogens is 4. The molecule has 0 bridgehead atoms. The van der Waals surface area contributed by atoms with Gasteiger partial charge in [-0.25, -0.2) is 0 Å². The molecule has 158 valence electrons. The lowest BCUT2D eigenvalue weighted by molar-refractivity contribution is 0.106. The fourth-order valence-electron chi connectivity index (χ4n) is 2.90. The molecule has 0 aliphatic rings. The molecule has 0 fully saturated rings. The fraction of sp³-hybridized carbons (Fsp3) is 0.778. The van der Waals surface area contributed by atoms with Crippen molar-refractivity contribution in [3.63, 3.8) is 0 Å². The third-order valence-corrected chi connectivity index (χ3v) is 4.39. The van der Waals surface area contributed by atoms with E-state index in [1.165, 1.54) is 12.8 Å². The zero-order valence-corrected chi connectivity index (χ0v) is 15.8. The Kier molecular flexibility index (Phi) is 9.92. The van der Waals surface area contributed by atoms with Gasteiger partial charge in [0.2, 0.25) is 0 Å². The molecule has 0 unspecified atom stereocenters. The van der Waals surface area contributed by atoms with Crippen molar-refractivity contribution in [3.05, 3.63) is 23.4 Å². The summed E-state index contributed by atoms with van der Waals surface area (Å²) >= 11 is 0. The van der Waals surface area contributed by atoms with Gasteiger partial charge in [-0.05, 0) is 12.8 Å². The lowest BCUT2D eigenvalue weighted by Crippen LogP contribution is -1.91. The molecular formula is C18H26F4N4O2. The van der Waals surface area contributed by atoms with Crippen LogP contribution in [0.2, 0.25) is 0 Å². The van der Waals surface area contributed by atoms with Crippen LogP contribution >= 0.6 is 0 Å². The molecule has 2 rings (SSSR count). The van der Waals surface area contributed by atoms with E-state index in [0.29, 0.717) is 24.5 Å². The highest BCUT2D eigenvalue weighted by molar-refractivity contribution is 4.87. The molecule has 0 atom stereocenters. The van der Waals surface area contributed by atoms with Crippen LogP contribution in [0, 0.1) is 0 Å². The number of rotatable bonds is 15. The molecule has 0 saturated heterocycles. The van der Waals surface area contributed by atoms with Gasteiger partial charge in [0.25, 0.3) is 11.8 Å². The van der Waals surface area contributed by atoms with Crippen molar-refractivity contribution in [2.24, 2.45) is 0 Å². The molecule has 0 saturated carbocycles. The van der Waals surface area contributed by atoms with Crippen molar-refractivity contribution in [1.82, 2.24) is 20.3 Å². The van der Waals surface area contributed by atoms with Crippen LogP contribution in [-0.4, -0.2) is 20.3 Å². The molecular weight excluding hydrogens is 380 g/mol. The van der Waals surface area contributed by atoms with Crippen LogP contribution in [0.25, 0.3) is 0 Å². The molecule has 0 aliphatic carbocycles. The Labute approximate surface area is 161 Å². The number of aryl methyl sites for hydroxylation is 2. The monoisotopic (exact) mass is 406 g/mol. The van der Waals surface area contributed by atoms with Crippen molar-refractivity contribution < 1.29 is 26.6 Å². The van der Waals surface area contributed by atoms with Gasteiger partial charge in [-0.3, -0.25) is 0 Å². The molecule has 0 aliphatic heterocycles. The maximum Gasteiger partial charge on any atom is 0.315 e. The number of hydrogen-bond donors (Lipinski definition) is 0. The number of unbranched alkanes of at least 4 members (excludes halogenated alkanes) is 9. The van der Waals surface area contributed by atoms with Gasteiger partial charge in [0.05, 0.1) is 0 Å². The Balaban J connectivity index is 1.36. The average molecular weight is 406 g/mol. The predicted octanol–water partition coefficient (Wildman–Crippen LogP) is 6.01. The summed E-state index contributed by atoms with van der Waals surface area (Å²) in [6, 6.07) is 0. The highest BCUT2D eigenvalue weighted by Gasteiger charge is 2.16. The maximum atomic E-state index is 12.3. The van der Waals surface area contributed by atoms with Gasteiger partial charge >= 0.3 is 12.9 Å². The molecule has 0 amide bonds. The third-order valence-electron chi connectivity index (χ3n) is 4.39. The van der Waals surface area contributed by atoms with Gasteiger partial charge in [-0.1, -0.05) is 61.7 Å². The average Bonchev–Trinajstić information content (AvgIpc) is 3.32. The van der Waals surface area contributed by atoms with Crippen molar-refractivity contribution in [2.45, 2.75) is 89.9 Å². The minimum atomic E-state index is -2.71. The standard InChI is InChI=1S/C18H26F4N4O2/c19-15(20)17-23-13(25-27-17)11-9-7-5-3-1-2-4-6-8-10-12-14-24-18(16(21)22)28-26-14/h15-16H,1-12H2. The summed E-state index contributed by atoms with van der Waals surface area (Å²) in [5, 5.41) is 7.07. The topological polar surface area (TPSA) is 77.8 Å². The Bertz CT molecular complexity index is 607. The first-order valence-electron chi connectivity index (χ1n) is 9.77. The number of alkyl halides is 4. The molecule has 0 aromatic carbocycles. The summed E-state index contributed by atoms with van der Waals surface area (Å²) in [7, 11) is 0. The lowest BCUT2D eigenvalue weighted by atomic mass is 10.0. The second-order valence-corrected chi connectivity index (χ2v) is 6.73. The highest BCUT2D eigenvalue weighted by atomic mass is 19.3. The second-order valence-electron chi connectivity index (χ2n) is 6.73. The quantitative estimate of drug-likeness (QED) is 0.266. The van der Waals surface area contributed by atoms with E-state index in [0.717, 1.165) is 51.4 Å².